The molecule has 134 valence electrons. The Hall–Kier alpha value is -1.80. The minimum atomic E-state index is -2.59. The van der Waals surface area contributed by atoms with Crippen molar-refractivity contribution in [2.45, 2.75) is 19.5 Å². The average Bonchev–Trinajstić information content (AvgIpc) is 2.59. The molecule has 0 spiro atoms. The Balaban J connectivity index is 1.60. The zero-order valence-corrected chi connectivity index (χ0v) is 15.2. The third-order valence-electron chi connectivity index (χ3n) is 4.26. The van der Waals surface area contributed by atoms with Gasteiger partial charge in [0.15, 0.2) is 0 Å². The number of alkyl halides is 2. The first-order chi connectivity index (χ1) is 12.0. The molecule has 1 aromatic carbocycles. The van der Waals surface area contributed by atoms with Gasteiger partial charge in [-0.25, -0.2) is 13.5 Å². The van der Waals surface area contributed by atoms with Crippen molar-refractivity contribution in [2.75, 3.05) is 31.1 Å². The number of hydrogen-bond acceptors (Lipinski definition) is 4. The number of aromatic nitrogens is 2. The van der Waals surface area contributed by atoms with E-state index in [2.05, 4.69) is 36.9 Å². The molecule has 2 aromatic rings. The van der Waals surface area contributed by atoms with Crippen LogP contribution in [0.1, 0.15) is 5.56 Å². The molecule has 25 heavy (non-hydrogen) atoms. The summed E-state index contributed by atoms with van der Waals surface area (Å²) in [7, 11) is 0. The minimum Gasteiger partial charge on any atom is -0.368 e. The van der Waals surface area contributed by atoms with E-state index in [9.17, 15) is 13.6 Å². The maximum absolute atomic E-state index is 12.4. The fourth-order valence-electron chi connectivity index (χ4n) is 2.90. The Morgan fingerprint density at radius 1 is 1.16 bits per heavy atom. The van der Waals surface area contributed by atoms with E-state index in [0.717, 1.165) is 41.9 Å². The fourth-order valence-corrected chi connectivity index (χ4v) is 3.31. The lowest BCUT2D eigenvalue weighted by Crippen LogP contribution is -2.46. The Labute approximate surface area is 153 Å². The van der Waals surface area contributed by atoms with E-state index in [4.69, 9.17) is 0 Å². The van der Waals surface area contributed by atoms with E-state index in [0.29, 0.717) is 5.69 Å². The molecule has 1 saturated heterocycles. The molecule has 1 aliphatic rings. The van der Waals surface area contributed by atoms with E-state index in [1.165, 1.54) is 17.8 Å². The number of halogens is 3. The molecule has 0 N–H and O–H groups in total. The standard InChI is InChI=1S/C17H19BrF2N4O/c18-15-4-2-1-3-13(15)11-22-5-7-23(8-6-22)14-9-17(25)24(21-10-14)12-16(19)20/h1-4,9-10,16H,5-8,11-12H2. The predicted octanol–water partition coefficient (Wildman–Crippen LogP) is 2.59. The second kappa shape index (κ2) is 8.05. The Morgan fingerprint density at radius 3 is 2.52 bits per heavy atom. The van der Waals surface area contributed by atoms with Crippen LogP contribution in [0.5, 0.6) is 0 Å². The van der Waals surface area contributed by atoms with Gasteiger partial charge in [-0.05, 0) is 11.6 Å². The topological polar surface area (TPSA) is 41.4 Å². The summed E-state index contributed by atoms with van der Waals surface area (Å²) in [4.78, 5) is 16.3. The molecule has 3 rings (SSSR count). The van der Waals surface area contributed by atoms with Gasteiger partial charge in [0, 0.05) is 43.3 Å². The molecule has 0 saturated carbocycles. The van der Waals surface area contributed by atoms with Crippen molar-refractivity contribution in [1.82, 2.24) is 14.7 Å². The molecule has 0 atom stereocenters. The van der Waals surface area contributed by atoms with Crippen LogP contribution in [-0.4, -0.2) is 47.3 Å². The van der Waals surface area contributed by atoms with Crippen molar-refractivity contribution < 1.29 is 8.78 Å². The van der Waals surface area contributed by atoms with Crippen LogP contribution in [0.15, 0.2) is 45.8 Å². The molecule has 2 heterocycles. The van der Waals surface area contributed by atoms with Crippen molar-refractivity contribution in [2.24, 2.45) is 0 Å². The van der Waals surface area contributed by atoms with Crippen LogP contribution >= 0.6 is 15.9 Å². The Morgan fingerprint density at radius 2 is 1.88 bits per heavy atom. The molecule has 5 nitrogen and oxygen atoms in total. The van der Waals surface area contributed by atoms with E-state index >= 15 is 0 Å². The van der Waals surface area contributed by atoms with E-state index in [1.807, 2.05) is 18.2 Å². The Kier molecular flexibility index (Phi) is 5.80. The summed E-state index contributed by atoms with van der Waals surface area (Å²) in [6.07, 6.45) is -1.09. The molecule has 1 fully saturated rings. The summed E-state index contributed by atoms with van der Waals surface area (Å²) in [5.74, 6) is 0. The zero-order valence-electron chi connectivity index (χ0n) is 13.6. The lowest BCUT2D eigenvalue weighted by molar-refractivity contribution is 0.119. The summed E-state index contributed by atoms with van der Waals surface area (Å²) in [5.41, 5.74) is 1.44. The third-order valence-corrected chi connectivity index (χ3v) is 5.03. The quantitative estimate of drug-likeness (QED) is 0.756. The molecule has 0 unspecified atom stereocenters. The largest absolute Gasteiger partial charge is 0.368 e. The van der Waals surface area contributed by atoms with Crippen LogP contribution in [0.2, 0.25) is 0 Å². The van der Waals surface area contributed by atoms with Gasteiger partial charge >= 0.3 is 0 Å². The maximum atomic E-state index is 12.4. The SMILES string of the molecule is O=c1cc(N2CCN(Cc3ccccc3Br)CC2)cnn1CC(F)F. The summed E-state index contributed by atoms with van der Waals surface area (Å²) in [6.45, 7) is 3.46. The summed E-state index contributed by atoms with van der Waals surface area (Å²) in [6, 6.07) is 9.54. The van der Waals surface area contributed by atoms with E-state index in [1.54, 1.807) is 0 Å². The van der Waals surface area contributed by atoms with Gasteiger partial charge in [0.25, 0.3) is 12.0 Å². The van der Waals surface area contributed by atoms with Crippen LogP contribution in [-0.2, 0) is 13.1 Å². The first-order valence-electron chi connectivity index (χ1n) is 8.09. The van der Waals surface area contributed by atoms with Crippen LogP contribution in [0, 0.1) is 0 Å². The summed E-state index contributed by atoms with van der Waals surface area (Å²) < 4.78 is 26.7. The fraction of sp³-hybridized carbons (Fsp3) is 0.412. The van der Waals surface area contributed by atoms with Crippen LogP contribution < -0.4 is 10.5 Å². The first kappa shape index (κ1) is 18.0. The molecular formula is C17H19BrF2N4O. The lowest BCUT2D eigenvalue weighted by atomic mass is 10.2. The monoisotopic (exact) mass is 412 g/mol. The van der Waals surface area contributed by atoms with Crippen molar-refractivity contribution in [3.05, 3.63) is 56.9 Å². The van der Waals surface area contributed by atoms with E-state index < -0.39 is 18.5 Å². The highest BCUT2D eigenvalue weighted by molar-refractivity contribution is 9.10. The smallest absolute Gasteiger partial charge is 0.269 e. The number of benzene rings is 1. The number of piperazine rings is 1. The minimum absolute atomic E-state index is 0.492. The molecule has 0 aliphatic carbocycles. The van der Waals surface area contributed by atoms with Crippen molar-refractivity contribution >= 4 is 21.6 Å². The molecule has 1 aliphatic heterocycles. The summed E-state index contributed by atoms with van der Waals surface area (Å²) >= 11 is 3.57. The van der Waals surface area contributed by atoms with Crippen molar-refractivity contribution in [3.8, 4) is 0 Å². The highest BCUT2D eigenvalue weighted by Gasteiger charge is 2.19. The lowest BCUT2D eigenvalue weighted by Gasteiger charge is -2.36. The first-order valence-corrected chi connectivity index (χ1v) is 8.88. The molecule has 0 amide bonds. The van der Waals surface area contributed by atoms with Gasteiger partial charge in [-0.2, -0.15) is 5.10 Å². The number of anilines is 1. The number of nitrogens with zero attached hydrogens (tertiary/aromatic N) is 4. The van der Waals surface area contributed by atoms with Gasteiger partial charge in [-0.1, -0.05) is 34.1 Å². The second-order valence-corrected chi connectivity index (χ2v) is 6.83. The molecule has 1 aromatic heterocycles. The second-order valence-electron chi connectivity index (χ2n) is 5.98. The third kappa shape index (κ3) is 4.64. The molecular weight excluding hydrogens is 394 g/mol. The van der Waals surface area contributed by atoms with Gasteiger partial charge in [-0.3, -0.25) is 9.69 Å². The highest BCUT2D eigenvalue weighted by atomic mass is 79.9. The molecule has 0 bridgehead atoms. The van der Waals surface area contributed by atoms with Gasteiger partial charge in [0.05, 0.1) is 11.9 Å². The maximum Gasteiger partial charge on any atom is 0.269 e. The number of hydrogen-bond donors (Lipinski definition) is 0. The van der Waals surface area contributed by atoms with Gasteiger partial charge in [-0.15, -0.1) is 0 Å². The van der Waals surface area contributed by atoms with Crippen LogP contribution in [0.3, 0.4) is 0 Å². The predicted molar refractivity (Wildman–Crippen MR) is 96.1 cm³/mol. The van der Waals surface area contributed by atoms with Crippen LogP contribution in [0.25, 0.3) is 0 Å². The normalized spacial score (nSPS) is 15.8. The van der Waals surface area contributed by atoms with Gasteiger partial charge < -0.3 is 4.90 Å². The van der Waals surface area contributed by atoms with Gasteiger partial charge in [0.2, 0.25) is 0 Å². The van der Waals surface area contributed by atoms with Crippen molar-refractivity contribution in [3.63, 3.8) is 0 Å². The zero-order chi connectivity index (χ0) is 17.8. The van der Waals surface area contributed by atoms with Crippen molar-refractivity contribution in [1.29, 1.82) is 0 Å². The Bertz CT molecular complexity index is 775. The average molecular weight is 413 g/mol. The molecule has 0 radical (unpaired) electrons. The number of rotatable bonds is 5. The van der Waals surface area contributed by atoms with E-state index in [-0.39, 0.29) is 0 Å². The highest BCUT2D eigenvalue weighted by Crippen LogP contribution is 2.20. The molecule has 8 heteroatoms. The van der Waals surface area contributed by atoms with Crippen LogP contribution in [0.4, 0.5) is 14.5 Å². The van der Waals surface area contributed by atoms with Gasteiger partial charge in [0.1, 0.15) is 6.54 Å². The summed E-state index contributed by atoms with van der Waals surface area (Å²) in [5, 5.41) is 3.85.